The molecule has 0 spiro atoms. The SMILES string of the molecule is Nc1ncc(C(F)F)c(Br)c1C(=O)Cl. The van der Waals surface area contributed by atoms with E-state index in [0.717, 1.165) is 6.20 Å². The van der Waals surface area contributed by atoms with E-state index in [2.05, 4.69) is 20.9 Å². The molecule has 0 saturated carbocycles. The molecule has 1 heterocycles. The monoisotopic (exact) mass is 284 g/mol. The van der Waals surface area contributed by atoms with Crippen LogP contribution in [-0.2, 0) is 0 Å². The summed E-state index contributed by atoms with van der Waals surface area (Å²) >= 11 is 7.98. The first-order chi connectivity index (χ1) is 6.45. The van der Waals surface area contributed by atoms with Gasteiger partial charge in [0.05, 0.1) is 11.1 Å². The number of nitrogen functional groups attached to an aromatic ring is 1. The second kappa shape index (κ2) is 4.18. The number of nitrogens with two attached hydrogens (primary N) is 1. The van der Waals surface area contributed by atoms with Crippen LogP contribution < -0.4 is 5.73 Å². The van der Waals surface area contributed by atoms with Gasteiger partial charge in [0.25, 0.3) is 11.7 Å². The van der Waals surface area contributed by atoms with Crippen LogP contribution in [0.4, 0.5) is 14.6 Å². The molecule has 0 radical (unpaired) electrons. The molecule has 2 N–H and O–H groups in total. The Morgan fingerprint density at radius 1 is 1.64 bits per heavy atom. The number of carbonyl (C=O) groups excluding carboxylic acids is 1. The lowest BCUT2D eigenvalue weighted by molar-refractivity contribution is 0.108. The molecule has 76 valence electrons. The highest BCUT2D eigenvalue weighted by Gasteiger charge is 2.20. The van der Waals surface area contributed by atoms with Gasteiger partial charge in [0.15, 0.2) is 0 Å². The Morgan fingerprint density at radius 3 is 2.64 bits per heavy atom. The van der Waals surface area contributed by atoms with E-state index >= 15 is 0 Å². The average Bonchev–Trinajstić information content (AvgIpc) is 2.02. The lowest BCUT2D eigenvalue weighted by atomic mass is 10.2. The molecule has 1 aromatic heterocycles. The van der Waals surface area contributed by atoms with Crippen LogP contribution in [0.3, 0.4) is 0 Å². The number of carbonyl (C=O) groups is 1. The van der Waals surface area contributed by atoms with Crippen molar-refractivity contribution in [1.82, 2.24) is 4.98 Å². The van der Waals surface area contributed by atoms with Crippen molar-refractivity contribution in [2.24, 2.45) is 0 Å². The molecule has 14 heavy (non-hydrogen) atoms. The van der Waals surface area contributed by atoms with Gasteiger partial charge in [-0.25, -0.2) is 13.8 Å². The first-order valence-corrected chi connectivity index (χ1v) is 4.54. The highest BCUT2D eigenvalue weighted by Crippen LogP contribution is 2.32. The van der Waals surface area contributed by atoms with Crippen LogP contribution in [0.5, 0.6) is 0 Å². The molecular formula is C7H4BrClF2N2O. The van der Waals surface area contributed by atoms with Gasteiger partial charge in [0.1, 0.15) is 5.82 Å². The molecule has 7 heteroatoms. The van der Waals surface area contributed by atoms with Gasteiger partial charge in [-0.2, -0.15) is 0 Å². The van der Waals surface area contributed by atoms with Gasteiger partial charge in [0.2, 0.25) is 0 Å². The molecule has 1 rings (SSSR count). The molecule has 0 amide bonds. The van der Waals surface area contributed by atoms with E-state index in [1.54, 1.807) is 0 Å². The van der Waals surface area contributed by atoms with Crippen LogP contribution in [-0.4, -0.2) is 10.2 Å². The molecule has 0 aliphatic carbocycles. The summed E-state index contributed by atoms with van der Waals surface area (Å²) in [5.41, 5.74) is 4.65. The summed E-state index contributed by atoms with van der Waals surface area (Å²) < 4.78 is 24.6. The third-order valence-corrected chi connectivity index (χ3v) is 2.55. The standard InChI is InChI=1S/C7H4BrClF2N2O/c8-4-2(6(10)11)1-13-7(12)3(4)5(9)14/h1,6H,(H2,12,13). The summed E-state index contributed by atoms with van der Waals surface area (Å²) in [6, 6.07) is 0. The van der Waals surface area contributed by atoms with Crippen molar-refractivity contribution in [3.05, 3.63) is 21.8 Å². The largest absolute Gasteiger partial charge is 0.383 e. The number of hydrogen-bond acceptors (Lipinski definition) is 3. The molecule has 0 fully saturated rings. The number of anilines is 1. The van der Waals surface area contributed by atoms with Gasteiger partial charge in [-0.15, -0.1) is 0 Å². The van der Waals surface area contributed by atoms with E-state index in [0.29, 0.717) is 0 Å². The zero-order valence-corrected chi connectivity index (χ0v) is 8.94. The van der Waals surface area contributed by atoms with E-state index in [9.17, 15) is 13.6 Å². The normalized spacial score (nSPS) is 10.6. The minimum absolute atomic E-state index is 0.111. The van der Waals surface area contributed by atoms with Gasteiger partial charge in [-0.3, -0.25) is 4.79 Å². The zero-order chi connectivity index (χ0) is 10.9. The Kier molecular flexibility index (Phi) is 3.38. The predicted octanol–water partition coefficient (Wildman–Crippen LogP) is 2.74. The van der Waals surface area contributed by atoms with Crippen LogP contribution in [0, 0.1) is 0 Å². The summed E-state index contributed by atoms with van der Waals surface area (Å²) in [4.78, 5) is 14.3. The molecule has 0 atom stereocenters. The van der Waals surface area contributed by atoms with Crippen LogP contribution in [0.15, 0.2) is 10.7 Å². The first-order valence-electron chi connectivity index (χ1n) is 3.37. The Morgan fingerprint density at radius 2 is 2.21 bits per heavy atom. The van der Waals surface area contributed by atoms with Crippen molar-refractivity contribution in [2.75, 3.05) is 5.73 Å². The molecule has 0 unspecified atom stereocenters. The van der Waals surface area contributed by atoms with Crippen molar-refractivity contribution >= 4 is 38.6 Å². The van der Waals surface area contributed by atoms with E-state index in [-0.39, 0.29) is 15.9 Å². The highest BCUT2D eigenvalue weighted by atomic mass is 79.9. The van der Waals surface area contributed by atoms with E-state index in [1.807, 2.05) is 0 Å². The second-order valence-electron chi connectivity index (χ2n) is 2.36. The summed E-state index contributed by atoms with van der Waals surface area (Å²) in [6.07, 6.45) is -1.85. The number of pyridine rings is 1. The van der Waals surface area contributed by atoms with Gasteiger partial charge in [-0.1, -0.05) is 0 Å². The fourth-order valence-electron chi connectivity index (χ4n) is 0.856. The zero-order valence-electron chi connectivity index (χ0n) is 6.60. The summed E-state index contributed by atoms with van der Waals surface area (Å²) in [7, 11) is 0. The second-order valence-corrected chi connectivity index (χ2v) is 3.50. The maximum absolute atomic E-state index is 12.3. The van der Waals surface area contributed by atoms with Crippen LogP contribution in [0.2, 0.25) is 0 Å². The maximum Gasteiger partial charge on any atom is 0.266 e. The molecule has 1 aromatic rings. The fraction of sp³-hybridized carbons (Fsp3) is 0.143. The van der Waals surface area contributed by atoms with Crippen molar-refractivity contribution in [1.29, 1.82) is 0 Å². The van der Waals surface area contributed by atoms with Gasteiger partial charge >= 0.3 is 0 Å². The van der Waals surface area contributed by atoms with Gasteiger partial charge in [0, 0.05) is 10.7 Å². The number of aromatic nitrogens is 1. The Labute approximate surface area is 91.4 Å². The topological polar surface area (TPSA) is 56.0 Å². The summed E-state index contributed by atoms with van der Waals surface area (Å²) in [5, 5.41) is -0.927. The fourth-order valence-corrected chi connectivity index (χ4v) is 1.82. The van der Waals surface area contributed by atoms with E-state index < -0.39 is 17.2 Å². The first kappa shape index (κ1) is 11.3. The highest BCUT2D eigenvalue weighted by molar-refractivity contribution is 9.10. The van der Waals surface area contributed by atoms with Crippen molar-refractivity contribution in [2.45, 2.75) is 6.43 Å². The number of rotatable bonds is 2. The number of alkyl halides is 2. The number of nitrogens with zero attached hydrogens (tertiary/aromatic N) is 1. The van der Waals surface area contributed by atoms with E-state index in [4.69, 9.17) is 17.3 Å². The minimum atomic E-state index is -2.74. The average molecular weight is 285 g/mol. The van der Waals surface area contributed by atoms with Crippen molar-refractivity contribution in [3.63, 3.8) is 0 Å². The van der Waals surface area contributed by atoms with Gasteiger partial charge in [-0.05, 0) is 27.5 Å². The number of halogens is 4. The molecule has 0 saturated heterocycles. The molecular weight excluding hydrogens is 281 g/mol. The third kappa shape index (κ3) is 2.01. The Hall–Kier alpha value is -0.750. The van der Waals surface area contributed by atoms with Gasteiger partial charge < -0.3 is 5.73 Å². The summed E-state index contributed by atoms with van der Waals surface area (Å²) in [6.45, 7) is 0. The van der Waals surface area contributed by atoms with E-state index in [1.165, 1.54) is 0 Å². The molecule has 0 bridgehead atoms. The smallest absolute Gasteiger partial charge is 0.266 e. The summed E-state index contributed by atoms with van der Waals surface area (Å²) in [5.74, 6) is -0.179. The Balaban J connectivity index is 3.41. The molecule has 3 nitrogen and oxygen atoms in total. The van der Waals surface area contributed by atoms with Crippen molar-refractivity contribution < 1.29 is 13.6 Å². The molecule has 0 aromatic carbocycles. The quantitative estimate of drug-likeness (QED) is 0.850. The van der Waals surface area contributed by atoms with Crippen molar-refractivity contribution in [3.8, 4) is 0 Å². The van der Waals surface area contributed by atoms with Crippen LogP contribution in [0.1, 0.15) is 22.3 Å². The lowest BCUT2D eigenvalue weighted by Crippen LogP contribution is -2.04. The third-order valence-electron chi connectivity index (χ3n) is 1.50. The molecule has 0 aliphatic heterocycles. The Bertz CT molecular complexity index is 386. The molecule has 0 aliphatic rings. The maximum atomic E-state index is 12.3. The minimum Gasteiger partial charge on any atom is -0.383 e. The predicted molar refractivity (Wildman–Crippen MR) is 51.5 cm³/mol. The lowest BCUT2D eigenvalue weighted by Gasteiger charge is -2.07. The van der Waals surface area contributed by atoms with Crippen LogP contribution in [0.25, 0.3) is 0 Å². The number of hydrogen-bond donors (Lipinski definition) is 1. The van der Waals surface area contributed by atoms with Crippen LogP contribution >= 0.6 is 27.5 Å².